The van der Waals surface area contributed by atoms with Crippen molar-refractivity contribution in [2.45, 2.75) is 50.1 Å². The average molecular weight is 500 g/mol. The Balaban J connectivity index is 1.49. The van der Waals surface area contributed by atoms with Crippen LogP contribution in [0.5, 0.6) is 0 Å². The minimum absolute atomic E-state index is 0.0640. The minimum atomic E-state index is -0.176. The number of urea groups is 1. The Labute approximate surface area is 215 Å². The normalized spacial score (nSPS) is 16.7. The van der Waals surface area contributed by atoms with Gasteiger partial charge in [0.2, 0.25) is 0 Å². The number of thioether (sulfide) groups is 1. The number of carbonyl (C=O) groups excluding carboxylic acids is 1. The van der Waals surface area contributed by atoms with Gasteiger partial charge in [0.1, 0.15) is 5.00 Å². The molecule has 1 atom stereocenters. The molecule has 1 N–H and O–H groups in total. The molecule has 4 nitrogen and oxygen atoms in total. The van der Waals surface area contributed by atoms with Gasteiger partial charge in [-0.15, -0.1) is 23.1 Å². The number of rotatable bonds is 3. The SMILES string of the molecule is CSc1ccc([C@H]2c3cccn3-c3sc4c(c3CN2C(=O)Nc2cccc(C)c2)CCCC4)cc1. The number of fused-ring (bicyclic) bond motifs is 5. The first-order chi connectivity index (χ1) is 17.1. The number of aromatic nitrogens is 1. The first-order valence-electron chi connectivity index (χ1n) is 12.2. The molecule has 2 aromatic carbocycles. The van der Waals surface area contributed by atoms with Crippen molar-refractivity contribution in [3.63, 3.8) is 0 Å². The van der Waals surface area contributed by atoms with Gasteiger partial charge >= 0.3 is 6.03 Å². The molecule has 0 saturated heterocycles. The number of anilines is 1. The molecule has 4 aromatic rings. The predicted molar refractivity (Wildman–Crippen MR) is 146 cm³/mol. The lowest BCUT2D eigenvalue weighted by molar-refractivity contribution is 0.194. The van der Waals surface area contributed by atoms with E-state index in [9.17, 15) is 4.79 Å². The van der Waals surface area contributed by atoms with Crippen molar-refractivity contribution in [1.29, 1.82) is 0 Å². The highest BCUT2D eigenvalue weighted by Crippen LogP contribution is 2.44. The number of benzene rings is 2. The zero-order valence-electron chi connectivity index (χ0n) is 20.1. The van der Waals surface area contributed by atoms with Crippen LogP contribution < -0.4 is 5.32 Å². The molecule has 1 aliphatic heterocycles. The fraction of sp³-hybridized carbons (Fsp3) is 0.276. The van der Waals surface area contributed by atoms with E-state index in [1.807, 2.05) is 34.4 Å². The number of aryl methyl sites for hydroxylation is 2. The van der Waals surface area contributed by atoms with E-state index in [1.165, 1.54) is 38.7 Å². The molecule has 35 heavy (non-hydrogen) atoms. The Morgan fingerprint density at radius 2 is 1.86 bits per heavy atom. The van der Waals surface area contributed by atoms with E-state index in [1.54, 1.807) is 11.8 Å². The molecule has 0 fully saturated rings. The summed E-state index contributed by atoms with van der Waals surface area (Å²) in [4.78, 5) is 18.7. The van der Waals surface area contributed by atoms with Crippen LogP contribution in [-0.2, 0) is 19.4 Å². The molecule has 0 unspecified atom stereocenters. The van der Waals surface area contributed by atoms with Gasteiger partial charge in [0.25, 0.3) is 0 Å². The molecule has 0 spiro atoms. The summed E-state index contributed by atoms with van der Waals surface area (Å²) in [6.45, 7) is 2.66. The van der Waals surface area contributed by atoms with Crippen molar-refractivity contribution in [1.82, 2.24) is 9.47 Å². The van der Waals surface area contributed by atoms with Gasteiger partial charge in [0, 0.05) is 27.2 Å². The van der Waals surface area contributed by atoms with Crippen LogP contribution in [0.4, 0.5) is 10.5 Å². The zero-order chi connectivity index (χ0) is 23.9. The summed E-state index contributed by atoms with van der Waals surface area (Å²) in [5.74, 6) is 0. The fourth-order valence-electron chi connectivity index (χ4n) is 5.44. The number of carbonyl (C=O) groups is 1. The summed E-state index contributed by atoms with van der Waals surface area (Å²) >= 11 is 3.66. The first-order valence-corrected chi connectivity index (χ1v) is 14.3. The maximum Gasteiger partial charge on any atom is 0.322 e. The lowest BCUT2D eigenvalue weighted by Crippen LogP contribution is -2.38. The Morgan fingerprint density at radius 1 is 1.03 bits per heavy atom. The molecule has 2 aliphatic rings. The molecule has 6 heteroatoms. The number of hydrogen-bond acceptors (Lipinski definition) is 3. The topological polar surface area (TPSA) is 37.3 Å². The van der Waals surface area contributed by atoms with Crippen LogP contribution in [0.25, 0.3) is 5.00 Å². The van der Waals surface area contributed by atoms with Crippen LogP contribution in [0, 0.1) is 6.92 Å². The van der Waals surface area contributed by atoms with Crippen molar-refractivity contribution in [3.8, 4) is 5.00 Å². The number of hydrogen-bond donors (Lipinski definition) is 1. The molecule has 0 radical (unpaired) electrons. The lowest BCUT2D eigenvalue weighted by atomic mass is 9.95. The molecular formula is C29H29N3OS2. The van der Waals surface area contributed by atoms with Crippen molar-refractivity contribution >= 4 is 34.8 Å². The van der Waals surface area contributed by atoms with E-state index in [0.29, 0.717) is 6.54 Å². The summed E-state index contributed by atoms with van der Waals surface area (Å²) in [7, 11) is 0. The van der Waals surface area contributed by atoms with Gasteiger partial charge in [-0.2, -0.15) is 0 Å². The van der Waals surface area contributed by atoms with Gasteiger partial charge in [0.05, 0.1) is 18.3 Å². The standard InChI is InChI=1S/C29H29N3OS2/c1-19-7-5-8-21(17-19)30-29(33)32-18-24-23-9-3-4-11-26(23)35-28(24)31-16-6-10-25(31)27(32)20-12-14-22(34-2)15-13-20/h5-8,10,12-17,27H,3-4,9,11,18H2,1-2H3,(H,30,33)/t27-/m0/s1. The third-order valence-corrected chi connectivity index (χ3v) is 9.22. The number of nitrogens with one attached hydrogen (secondary N) is 1. The minimum Gasteiger partial charge on any atom is -0.310 e. The Kier molecular flexibility index (Phi) is 5.94. The Hall–Kier alpha value is -2.96. The molecule has 0 saturated carbocycles. The first kappa shape index (κ1) is 22.5. The number of nitrogens with zero attached hydrogens (tertiary/aromatic N) is 2. The predicted octanol–water partition coefficient (Wildman–Crippen LogP) is 7.59. The Bertz CT molecular complexity index is 1390. The second kappa shape index (κ2) is 9.25. The zero-order valence-corrected chi connectivity index (χ0v) is 21.7. The monoisotopic (exact) mass is 499 g/mol. The quantitative estimate of drug-likeness (QED) is 0.295. The molecule has 1 aliphatic carbocycles. The summed E-state index contributed by atoms with van der Waals surface area (Å²) in [5.41, 5.74) is 7.03. The maximum atomic E-state index is 14.0. The molecule has 178 valence electrons. The van der Waals surface area contributed by atoms with E-state index in [-0.39, 0.29) is 12.1 Å². The van der Waals surface area contributed by atoms with E-state index in [2.05, 4.69) is 71.7 Å². The number of amides is 2. The highest BCUT2D eigenvalue weighted by molar-refractivity contribution is 7.98. The number of thiophene rings is 1. The van der Waals surface area contributed by atoms with E-state index < -0.39 is 0 Å². The molecule has 2 amide bonds. The van der Waals surface area contributed by atoms with Gasteiger partial charge in [0.15, 0.2) is 0 Å². The second-order valence-corrected chi connectivity index (χ2v) is 11.4. The van der Waals surface area contributed by atoms with Gasteiger partial charge in [-0.3, -0.25) is 0 Å². The van der Waals surface area contributed by atoms with Crippen LogP contribution in [0.3, 0.4) is 0 Å². The summed E-state index contributed by atoms with van der Waals surface area (Å²) < 4.78 is 2.34. The van der Waals surface area contributed by atoms with E-state index in [4.69, 9.17) is 0 Å². The Morgan fingerprint density at radius 3 is 2.66 bits per heavy atom. The van der Waals surface area contributed by atoms with Crippen LogP contribution >= 0.6 is 23.1 Å². The van der Waals surface area contributed by atoms with Crippen molar-refractivity contribution in [3.05, 3.63) is 99.7 Å². The smallest absolute Gasteiger partial charge is 0.310 e. The van der Waals surface area contributed by atoms with Gasteiger partial charge in [-0.25, -0.2) is 4.79 Å². The highest BCUT2D eigenvalue weighted by Gasteiger charge is 2.36. The van der Waals surface area contributed by atoms with E-state index >= 15 is 0 Å². The molecular weight excluding hydrogens is 470 g/mol. The molecule has 3 heterocycles. The summed E-state index contributed by atoms with van der Waals surface area (Å²) in [5, 5.41) is 4.49. The second-order valence-electron chi connectivity index (χ2n) is 9.40. The third kappa shape index (κ3) is 4.09. The van der Waals surface area contributed by atoms with Crippen LogP contribution in [0.2, 0.25) is 0 Å². The highest BCUT2D eigenvalue weighted by atomic mass is 32.2. The third-order valence-electron chi connectivity index (χ3n) is 7.14. The van der Waals surface area contributed by atoms with Crippen LogP contribution in [0.1, 0.15) is 51.7 Å². The van der Waals surface area contributed by atoms with Crippen molar-refractivity contribution in [2.75, 3.05) is 11.6 Å². The van der Waals surface area contributed by atoms with Gasteiger partial charge in [-0.05, 0) is 92.0 Å². The van der Waals surface area contributed by atoms with Crippen molar-refractivity contribution < 1.29 is 4.79 Å². The van der Waals surface area contributed by atoms with Crippen LogP contribution in [-0.4, -0.2) is 21.8 Å². The largest absolute Gasteiger partial charge is 0.322 e. The molecule has 0 bridgehead atoms. The maximum absolute atomic E-state index is 14.0. The molecule has 2 aromatic heterocycles. The summed E-state index contributed by atoms with van der Waals surface area (Å²) in [6.07, 6.45) is 9.00. The fourth-order valence-corrected chi connectivity index (χ4v) is 7.25. The van der Waals surface area contributed by atoms with E-state index in [0.717, 1.165) is 35.3 Å². The summed E-state index contributed by atoms with van der Waals surface area (Å²) in [6, 6.07) is 20.8. The van der Waals surface area contributed by atoms with Crippen LogP contribution in [0.15, 0.2) is 71.8 Å². The lowest BCUT2D eigenvalue weighted by Gasteiger charge is -2.31. The van der Waals surface area contributed by atoms with Gasteiger partial charge < -0.3 is 14.8 Å². The average Bonchev–Trinajstić information content (AvgIpc) is 3.46. The van der Waals surface area contributed by atoms with Crippen molar-refractivity contribution in [2.24, 2.45) is 0 Å². The molecule has 6 rings (SSSR count). The van der Waals surface area contributed by atoms with Gasteiger partial charge in [-0.1, -0.05) is 24.3 Å².